The zero-order valence-corrected chi connectivity index (χ0v) is 14.0. The Morgan fingerprint density at radius 1 is 1.21 bits per heavy atom. The van der Waals surface area contributed by atoms with E-state index in [0.717, 1.165) is 40.1 Å². The molecule has 24 heavy (non-hydrogen) atoms. The standard InChI is InChI=1S/C17H16N6S/c1-23-8-5-14(22-23)12-2-3-13-11-20-17(21-15(13)10-12)19-6-4-16-18-7-9-24-16/h2-3,5,7-11H,4,6H2,1H3,(H,19,20,21). The fourth-order valence-corrected chi connectivity index (χ4v) is 3.11. The third-order valence-corrected chi connectivity index (χ3v) is 4.54. The van der Waals surface area contributed by atoms with E-state index in [1.165, 1.54) is 0 Å². The average molecular weight is 336 g/mol. The van der Waals surface area contributed by atoms with Gasteiger partial charge in [-0.1, -0.05) is 12.1 Å². The van der Waals surface area contributed by atoms with Crippen molar-refractivity contribution in [2.75, 3.05) is 11.9 Å². The lowest BCUT2D eigenvalue weighted by molar-refractivity contribution is 0.771. The summed E-state index contributed by atoms with van der Waals surface area (Å²) in [5.41, 5.74) is 2.90. The molecule has 0 atom stereocenters. The first-order chi connectivity index (χ1) is 11.8. The Hall–Kier alpha value is -2.80. The van der Waals surface area contributed by atoms with Crippen molar-refractivity contribution in [2.24, 2.45) is 7.05 Å². The van der Waals surface area contributed by atoms with Crippen molar-refractivity contribution >= 4 is 28.2 Å². The molecule has 4 rings (SSSR count). The second kappa shape index (κ2) is 6.37. The second-order valence-electron chi connectivity index (χ2n) is 5.44. The number of fused-ring (bicyclic) bond motifs is 1. The zero-order chi connectivity index (χ0) is 16.4. The van der Waals surface area contributed by atoms with Crippen molar-refractivity contribution < 1.29 is 0 Å². The first kappa shape index (κ1) is 14.8. The van der Waals surface area contributed by atoms with E-state index in [2.05, 4.69) is 25.4 Å². The van der Waals surface area contributed by atoms with Crippen molar-refractivity contribution in [1.82, 2.24) is 24.7 Å². The maximum absolute atomic E-state index is 4.61. The topological polar surface area (TPSA) is 68.5 Å². The number of benzene rings is 1. The predicted octanol–water partition coefficient (Wildman–Crippen LogP) is 3.14. The van der Waals surface area contributed by atoms with Crippen LogP contribution in [-0.2, 0) is 13.5 Å². The van der Waals surface area contributed by atoms with Crippen LogP contribution in [-0.4, -0.2) is 31.3 Å². The predicted molar refractivity (Wildman–Crippen MR) is 96.0 cm³/mol. The van der Waals surface area contributed by atoms with Gasteiger partial charge in [-0.05, 0) is 12.1 Å². The van der Waals surface area contributed by atoms with Gasteiger partial charge in [0.2, 0.25) is 5.95 Å². The molecule has 0 spiro atoms. The highest BCUT2D eigenvalue weighted by molar-refractivity contribution is 7.09. The number of thiazole rings is 1. The van der Waals surface area contributed by atoms with Crippen LogP contribution in [0, 0.1) is 0 Å². The summed E-state index contributed by atoms with van der Waals surface area (Å²) in [5, 5.41) is 11.8. The lowest BCUT2D eigenvalue weighted by Gasteiger charge is -2.05. The summed E-state index contributed by atoms with van der Waals surface area (Å²) in [7, 11) is 1.91. The normalized spacial score (nSPS) is 11.0. The fraction of sp³-hybridized carbons (Fsp3) is 0.176. The molecular formula is C17H16N6S. The Bertz CT molecular complexity index is 960. The number of anilines is 1. The number of aryl methyl sites for hydroxylation is 1. The minimum Gasteiger partial charge on any atom is -0.354 e. The summed E-state index contributed by atoms with van der Waals surface area (Å²) < 4.78 is 1.80. The lowest BCUT2D eigenvalue weighted by atomic mass is 10.1. The van der Waals surface area contributed by atoms with Crippen molar-refractivity contribution in [3.63, 3.8) is 0 Å². The van der Waals surface area contributed by atoms with E-state index >= 15 is 0 Å². The lowest BCUT2D eigenvalue weighted by Crippen LogP contribution is -2.07. The Balaban J connectivity index is 1.54. The molecule has 4 aromatic rings. The number of nitrogens with zero attached hydrogens (tertiary/aromatic N) is 5. The van der Waals surface area contributed by atoms with Crippen LogP contribution in [0.15, 0.2) is 48.2 Å². The summed E-state index contributed by atoms with van der Waals surface area (Å²) in [6.45, 7) is 0.763. The Labute approximate surface area is 143 Å². The van der Waals surface area contributed by atoms with E-state index in [-0.39, 0.29) is 0 Å². The van der Waals surface area contributed by atoms with Gasteiger partial charge >= 0.3 is 0 Å². The molecule has 1 N–H and O–H groups in total. The van der Waals surface area contributed by atoms with Crippen molar-refractivity contribution in [3.8, 4) is 11.3 Å². The SMILES string of the molecule is Cn1ccc(-c2ccc3cnc(NCCc4nccs4)nc3c2)n1. The molecule has 0 unspecified atom stereocenters. The largest absolute Gasteiger partial charge is 0.354 e. The molecule has 0 saturated heterocycles. The first-order valence-electron chi connectivity index (χ1n) is 7.67. The summed E-state index contributed by atoms with van der Waals surface area (Å²) >= 11 is 1.66. The summed E-state index contributed by atoms with van der Waals surface area (Å²) in [5.74, 6) is 0.636. The van der Waals surface area contributed by atoms with Crippen molar-refractivity contribution in [1.29, 1.82) is 0 Å². The number of hydrogen-bond donors (Lipinski definition) is 1. The zero-order valence-electron chi connectivity index (χ0n) is 13.2. The Kier molecular flexibility index (Phi) is 3.92. The molecule has 0 radical (unpaired) electrons. The van der Waals surface area contributed by atoms with Crippen molar-refractivity contribution in [2.45, 2.75) is 6.42 Å². The molecule has 3 aromatic heterocycles. The first-order valence-corrected chi connectivity index (χ1v) is 8.55. The average Bonchev–Trinajstić information content (AvgIpc) is 3.26. The third kappa shape index (κ3) is 3.11. The van der Waals surface area contributed by atoms with E-state index in [4.69, 9.17) is 0 Å². The monoisotopic (exact) mass is 336 g/mol. The highest BCUT2D eigenvalue weighted by Gasteiger charge is 2.05. The molecule has 0 saturated carbocycles. The van der Waals surface area contributed by atoms with Gasteiger partial charge in [-0.15, -0.1) is 11.3 Å². The molecule has 0 aliphatic carbocycles. The molecule has 6 nitrogen and oxygen atoms in total. The molecule has 3 heterocycles. The number of hydrogen-bond acceptors (Lipinski definition) is 6. The van der Waals surface area contributed by atoms with Gasteiger partial charge in [-0.25, -0.2) is 15.0 Å². The van der Waals surface area contributed by atoms with Gasteiger partial charge in [-0.3, -0.25) is 4.68 Å². The molecular weight excluding hydrogens is 320 g/mol. The van der Waals surface area contributed by atoms with Gasteiger partial charge in [0, 0.05) is 54.9 Å². The van der Waals surface area contributed by atoms with E-state index < -0.39 is 0 Å². The quantitative estimate of drug-likeness (QED) is 0.606. The minimum absolute atomic E-state index is 0.636. The smallest absolute Gasteiger partial charge is 0.223 e. The van der Waals surface area contributed by atoms with Gasteiger partial charge in [0.1, 0.15) is 0 Å². The van der Waals surface area contributed by atoms with Crippen LogP contribution in [0.25, 0.3) is 22.2 Å². The summed E-state index contributed by atoms with van der Waals surface area (Å²) in [6.07, 6.45) is 6.47. The van der Waals surface area contributed by atoms with Gasteiger partial charge in [-0.2, -0.15) is 5.10 Å². The Morgan fingerprint density at radius 3 is 2.96 bits per heavy atom. The highest BCUT2D eigenvalue weighted by atomic mass is 32.1. The minimum atomic E-state index is 0.636. The molecule has 0 aliphatic heterocycles. The molecule has 0 amide bonds. The van der Waals surface area contributed by atoms with E-state index in [1.807, 2.05) is 55.3 Å². The van der Waals surface area contributed by atoms with Crippen LogP contribution in [0.5, 0.6) is 0 Å². The maximum atomic E-state index is 4.61. The number of rotatable bonds is 5. The third-order valence-electron chi connectivity index (χ3n) is 3.70. The van der Waals surface area contributed by atoms with Gasteiger partial charge in [0.25, 0.3) is 0 Å². The van der Waals surface area contributed by atoms with Crippen LogP contribution in [0.2, 0.25) is 0 Å². The summed E-state index contributed by atoms with van der Waals surface area (Å²) in [6, 6.07) is 8.11. The van der Waals surface area contributed by atoms with Gasteiger partial charge < -0.3 is 5.32 Å². The van der Waals surface area contributed by atoms with Crippen LogP contribution in [0.4, 0.5) is 5.95 Å². The second-order valence-corrected chi connectivity index (χ2v) is 6.42. The maximum Gasteiger partial charge on any atom is 0.223 e. The van der Waals surface area contributed by atoms with Gasteiger partial charge in [0.15, 0.2) is 0 Å². The number of aromatic nitrogens is 5. The molecule has 120 valence electrons. The van der Waals surface area contributed by atoms with Crippen molar-refractivity contribution in [3.05, 3.63) is 53.2 Å². The molecule has 1 aromatic carbocycles. The van der Waals surface area contributed by atoms with E-state index in [0.29, 0.717) is 5.95 Å². The molecule has 0 fully saturated rings. The number of nitrogens with one attached hydrogen (secondary N) is 1. The van der Waals surface area contributed by atoms with Gasteiger partial charge in [0.05, 0.1) is 16.2 Å². The Morgan fingerprint density at radius 2 is 2.17 bits per heavy atom. The highest BCUT2D eigenvalue weighted by Crippen LogP contribution is 2.22. The van der Waals surface area contributed by atoms with Crippen LogP contribution in [0.1, 0.15) is 5.01 Å². The molecule has 7 heteroatoms. The molecule has 0 aliphatic rings. The van der Waals surface area contributed by atoms with E-state index in [9.17, 15) is 0 Å². The van der Waals surface area contributed by atoms with Crippen LogP contribution >= 0.6 is 11.3 Å². The fourth-order valence-electron chi connectivity index (χ4n) is 2.49. The van der Waals surface area contributed by atoms with Crippen LogP contribution in [0.3, 0.4) is 0 Å². The summed E-state index contributed by atoms with van der Waals surface area (Å²) in [4.78, 5) is 13.3. The van der Waals surface area contributed by atoms with E-state index in [1.54, 1.807) is 16.0 Å². The molecule has 0 bridgehead atoms. The van der Waals surface area contributed by atoms with Crippen LogP contribution < -0.4 is 5.32 Å².